The minimum absolute atomic E-state index is 0.0192. The normalized spacial score (nSPS) is 28.8. The number of ketones is 2. The molecule has 14 nitrogen and oxygen atoms in total. The van der Waals surface area contributed by atoms with Gasteiger partial charge >= 0.3 is 0 Å². The van der Waals surface area contributed by atoms with Gasteiger partial charge in [-0.3, -0.25) is 29.6 Å². The maximum absolute atomic E-state index is 14.2. The number of nitrogens with zero attached hydrogens (tertiary/aromatic N) is 4. The number of aryl methyl sites for hydroxylation is 1. The van der Waals surface area contributed by atoms with Crippen molar-refractivity contribution in [3.05, 3.63) is 51.8 Å². The summed E-state index contributed by atoms with van der Waals surface area (Å²) in [6.45, 7) is 5.25. The Balaban J connectivity index is 1.41. The number of hydrogen-bond acceptors (Lipinski definition) is 9. The second-order valence-electron chi connectivity index (χ2n) is 12.4. The van der Waals surface area contributed by atoms with Crippen molar-refractivity contribution in [2.24, 2.45) is 34.2 Å². The lowest BCUT2D eigenvalue weighted by atomic mass is 9.56. The Morgan fingerprint density at radius 2 is 1.82 bits per heavy atom. The lowest BCUT2D eigenvalue weighted by molar-refractivity contribution is -0.140. The Labute approximate surface area is 255 Å². The van der Waals surface area contributed by atoms with Crippen molar-refractivity contribution < 1.29 is 29.7 Å². The lowest BCUT2D eigenvalue weighted by Gasteiger charge is -2.50. The summed E-state index contributed by atoms with van der Waals surface area (Å²) in [6.07, 6.45) is 0.128. The fraction of sp³-hybridized carbons (Fsp3) is 0.500. The molecule has 5 atom stereocenters. The van der Waals surface area contributed by atoms with E-state index in [-0.39, 0.29) is 36.3 Å². The largest absolute Gasteiger partial charge is 0.510 e. The molecule has 9 N–H and O–H groups in total. The van der Waals surface area contributed by atoms with Gasteiger partial charge in [-0.2, -0.15) is 4.99 Å². The minimum atomic E-state index is -1.52. The molecule has 236 valence electrons. The number of aliphatic hydroxyl groups is 3. The predicted octanol–water partition coefficient (Wildman–Crippen LogP) is -0.469. The van der Waals surface area contributed by atoms with Gasteiger partial charge in [0.25, 0.3) is 5.91 Å². The fourth-order valence-electron chi connectivity index (χ4n) is 7.27. The molecule has 2 fully saturated rings. The van der Waals surface area contributed by atoms with E-state index < -0.39 is 58.2 Å². The number of nitrogens with one attached hydrogen (secondary N) is 2. The summed E-state index contributed by atoms with van der Waals surface area (Å²) in [5.74, 6) is -6.10. The van der Waals surface area contributed by atoms with Crippen LogP contribution in [0.4, 0.5) is 0 Å². The number of benzene rings is 1. The Hall–Kier alpha value is -4.27. The molecule has 0 spiro atoms. The number of rotatable bonds is 4. The first-order valence-electron chi connectivity index (χ1n) is 14.5. The topological polar surface area (TPSA) is 222 Å². The fourth-order valence-corrected chi connectivity index (χ4v) is 7.27. The highest BCUT2D eigenvalue weighted by Crippen LogP contribution is 2.54. The van der Waals surface area contributed by atoms with Crippen LogP contribution in [-0.2, 0) is 20.0 Å². The molecule has 44 heavy (non-hydrogen) atoms. The Kier molecular flexibility index (Phi) is 8.03. The zero-order chi connectivity index (χ0) is 32.2. The zero-order valence-corrected chi connectivity index (χ0v) is 25.3. The maximum Gasteiger partial charge on any atom is 0.259 e. The quantitative estimate of drug-likeness (QED) is 0.100. The lowest BCUT2D eigenvalue weighted by Crippen LogP contribution is -2.58. The third-order valence-corrected chi connectivity index (χ3v) is 9.45. The number of guanidine groups is 2. The Bertz CT molecular complexity index is 1520. The molecule has 0 radical (unpaired) electrons. The van der Waals surface area contributed by atoms with E-state index in [1.165, 1.54) is 0 Å². The van der Waals surface area contributed by atoms with Crippen LogP contribution in [0.5, 0.6) is 0 Å². The second-order valence-corrected chi connectivity index (χ2v) is 12.4. The summed E-state index contributed by atoms with van der Waals surface area (Å²) in [5.41, 5.74) is 10.2. The summed E-state index contributed by atoms with van der Waals surface area (Å²) < 4.78 is 0. The van der Waals surface area contributed by atoms with Crippen LogP contribution in [0.3, 0.4) is 0 Å². The van der Waals surface area contributed by atoms with Gasteiger partial charge in [-0.15, -0.1) is 0 Å². The van der Waals surface area contributed by atoms with Gasteiger partial charge in [0, 0.05) is 43.2 Å². The van der Waals surface area contributed by atoms with Crippen molar-refractivity contribution in [1.29, 1.82) is 5.41 Å². The first-order chi connectivity index (χ1) is 20.7. The van der Waals surface area contributed by atoms with Crippen molar-refractivity contribution in [2.75, 3.05) is 46.9 Å². The van der Waals surface area contributed by atoms with Crippen molar-refractivity contribution in [2.45, 2.75) is 31.9 Å². The molecule has 1 heterocycles. The Morgan fingerprint density at radius 1 is 1.16 bits per heavy atom. The first-order valence-corrected chi connectivity index (χ1v) is 14.5. The number of hydrogen-bond donors (Lipinski definition) is 7. The minimum Gasteiger partial charge on any atom is -0.510 e. The van der Waals surface area contributed by atoms with Gasteiger partial charge in [0.1, 0.15) is 17.1 Å². The number of Topliss-reactive ketones (excluding diaryl/α,β-unsaturated/α-hetero) is 2. The zero-order valence-electron chi connectivity index (χ0n) is 25.3. The number of aliphatic imine (C=N–C) groups is 1. The van der Waals surface area contributed by atoms with E-state index in [4.69, 9.17) is 16.9 Å². The molecule has 1 aromatic carbocycles. The van der Waals surface area contributed by atoms with E-state index >= 15 is 0 Å². The second kappa shape index (κ2) is 11.3. The molecule has 0 bridgehead atoms. The molecule has 1 amide bonds. The van der Waals surface area contributed by atoms with Crippen LogP contribution in [0, 0.1) is 30.1 Å². The first kappa shape index (κ1) is 31.2. The summed E-state index contributed by atoms with van der Waals surface area (Å²) >= 11 is 0. The number of piperazine rings is 1. The summed E-state index contributed by atoms with van der Waals surface area (Å²) in [7, 11) is 3.38. The molecule has 1 aromatic rings. The smallest absolute Gasteiger partial charge is 0.259 e. The highest BCUT2D eigenvalue weighted by molar-refractivity contribution is 6.28. The molecule has 5 rings (SSSR count). The predicted molar refractivity (Wildman–Crippen MR) is 162 cm³/mol. The van der Waals surface area contributed by atoms with Gasteiger partial charge in [0.2, 0.25) is 5.96 Å². The van der Waals surface area contributed by atoms with E-state index in [1.807, 2.05) is 4.90 Å². The van der Waals surface area contributed by atoms with Gasteiger partial charge < -0.3 is 37.0 Å². The van der Waals surface area contributed by atoms with Gasteiger partial charge in [0.15, 0.2) is 17.5 Å². The maximum atomic E-state index is 14.2. The summed E-state index contributed by atoms with van der Waals surface area (Å²) in [4.78, 5) is 50.6. The van der Waals surface area contributed by atoms with Gasteiger partial charge in [-0.1, -0.05) is 18.2 Å². The Morgan fingerprint density at radius 3 is 2.43 bits per heavy atom. The molecule has 0 aromatic heterocycles. The van der Waals surface area contributed by atoms with E-state index in [2.05, 4.69) is 10.3 Å². The van der Waals surface area contributed by atoms with Gasteiger partial charge in [-0.25, -0.2) is 0 Å². The number of fused-ring (bicyclic) bond motifs is 3. The van der Waals surface area contributed by atoms with Crippen LogP contribution in [-0.4, -0.2) is 112 Å². The number of amides is 1. The molecule has 2 unspecified atom stereocenters. The standard InChI is InChI=1S/C30H40N8O6/c1-14-6-5-7-16-18(14)23(39)20-17(30(16,2)44)12-15-19(24(20)40)25(41)21(26(42)22(15)36(3)4)27(43)34-13-37-8-10-38(11-9-37)29(33)35-28(31)32/h5-7,15,17,19,22,39,42,44H,8-13H2,1-4H3,(H,34,43)(H5,31,32,33,35)/t15-,17+,19?,22+,30?/m1/s1. The highest BCUT2D eigenvalue weighted by atomic mass is 16.3. The summed E-state index contributed by atoms with van der Waals surface area (Å²) in [5, 5.41) is 45.2. The van der Waals surface area contributed by atoms with E-state index in [0.717, 1.165) is 0 Å². The average molecular weight is 609 g/mol. The number of aliphatic hydroxyl groups excluding tert-OH is 2. The molecule has 1 saturated carbocycles. The average Bonchev–Trinajstić information content (AvgIpc) is 2.94. The van der Waals surface area contributed by atoms with Crippen molar-refractivity contribution >= 4 is 35.2 Å². The number of nitrogens with two attached hydrogens (primary N) is 2. The van der Waals surface area contributed by atoms with Crippen LogP contribution in [0.1, 0.15) is 30.0 Å². The van der Waals surface area contributed by atoms with Crippen LogP contribution in [0.25, 0.3) is 5.76 Å². The van der Waals surface area contributed by atoms with Crippen molar-refractivity contribution in [3.8, 4) is 0 Å². The molecule has 3 aliphatic carbocycles. The number of carbonyl (C=O) groups is 3. The molecule has 1 saturated heterocycles. The molecule has 14 heteroatoms. The summed E-state index contributed by atoms with van der Waals surface area (Å²) in [6, 6.07) is 4.41. The number of carbonyl (C=O) groups excluding carboxylic acids is 3. The molecule has 4 aliphatic rings. The van der Waals surface area contributed by atoms with Crippen molar-refractivity contribution in [3.63, 3.8) is 0 Å². The number of likely N-dealkylation sites (N-methyl/N-ethyl adjacent to an activating group) is 1. The molecular weight excluding hydrogens is 568 g/mol. The van der Waals surface area contributed by atoms with E-state index in [0.29, 0.717) is 42.9 Å². The molecule has 1 aliphatic heterocycles. The monoisotopic (exact) mass is 608 g/mol. The van der Waals surface area contributed by atoms with Crippen LogP contribution >= 0.6 is 0 Å². The SMILES string of the molecule is Cc1cccc2c1C(O)=C1C(=O)C3C(=O)C(C(=O)NCN4CCN(C(=N)N=C(N)N)CC4)=C(O)[C@@H](N(C)C)[C@@H]3C[C@@H]1C2(C)O. The highest BCUT2D eigenvalue weighted by Gasteiger charge is 2.59. The third kappa shape index (κ3) is 5.02. The van der Waals surface area contributed by atoms with Gasteiger partial charge in [0.05, 0.1) is 24.2 Å². The van der Waals surface area contributed by atoms with Crippen molar-refractivity contribution in [1.82, 2.24) is 20.0 Å². The van der Waals surface area contributed by atoms with Gasteiger partial charge in [-0.05, 0) is 51.4 Å². The van der Waals surface area contributed by atoms with Crippen LogP contribution < -0.4 is 16.8 Å². The van der Waals surface area contributed by atoms with Crippen LogP contribution in [0.2, 0.25) is 0 Å². The third-order valence-electron chi connectivity index (χ3n) is 9.45. The van der Waals surface area contributed by atoms with E-state index in [1.54, 1.807) is 55.9 Å². The molecular formula is C30H40N8O6. The van der Waals surface area contributed by atoms with Crippen LogP contribution in [0.15, 0.2) is 40.1 Å². The van der Waals surface area contributed by atoms with E-state index in [9.17, 15) is 29.7 Å².